The van der Waals surface area contributed by atoms with Gasteiger partial charge in [-0.3, -0.25) is 0 Å². The van der Waals surface area contributed by atoms with Crippen LogP contribution in [0, 0.1) is 6.92 Å². The minimum atomic E-state index is 0.294. The van der Waals surface area contributed by atoms with E-state index in [0.717, 1.165) is 38.0 Å². The van der Waals surface area contributed by atoms with Crippen LogP contribution in [0.15, 0.2) is 18.2 Å². The first-order valence-electron chi connectivity index (χ1n) is 7.20. The van der Waals surface area contributed by atoms with E-state index in [-0.39, 0.29) is 0 Å². The first-order valence-corrected chi connectivity index (χ1v) is 7.20. The summed E-state index contributed by atoms with van der Waals surface area (Å²) in [6.45, 7) is 5.29. The van der Waals surface area contributed by atoms with Gasteiger partial charge in [0.15, 0.2) is 0 Å². The van der Waals surface area contributed by atoms with Crippen molar-refractivity contribution >= 4 is 0 Å². The number of unbranched alkanes of at least 4 members (excludes halogenated alkanes) is 3. The van der Waals surface area contributed by atoms with E-state index in [0.29, 0.717) is 12.6 Å². The Bertz CT molecular complexity index is 366. The number of ether oxygens (including phenoxy) is 1. The summed E-state index contributed by atoms with van der Waals surface area (Å²) in [5, 5.41) is 12.0. The molecule has 0 fully saturated rings. The Morgan fingerprint density at radius 1 is 1.21 bits per heavy atom. The zero-order valence-electron chi connectivity index (χ0n) is 12.4. The molecule has 0 amide bonds. The molecule has 0 spiro atoms. The van der Waals surface area contributed by atoms with E-state index in [2.05, 4.69) is 37.4 Å². The number of benzene rings is 1. The highest BCUT2D eigenvalue weighted by Crippen LogP contribution is 2.26. The predicted molar refractivity (Wildman–Crippen MR) is 79.7 cm³/mol. The molecule has 108 valence electrons. The molecule has 3 heteroatoms. The van der Waals surface area contributed by atoms with Gasteiger partial charge in [-0.05, 0) is 46.2 Å². The molecule has 3 nitrogen and oxygen atoms in total. The maximum atomic E-state index is 8.71. The standard InChI is InChI=1S/C16H27NO2/c1-13-8-9-16(15(12-13)14(2)17-3)19-11-7-5-4-6-10-18/h8-9,12,14,17-18H,4-7,10-11H2,1-3H3. The number of aryl methyl sites for hydroxylation is 1. The fourth-order valence-electron chi connectivity index (χ4n) is 2.04. The van der Waals surface area contributed by atoms with Gasteiger partial charge in [0.25, 0.3) is 0 Å². The van der Waals surface area contributed by atoms with Gasteiger partial charge < -0.3 is 15.2 Å². The first kappa shape index (κ1) is 16.0. The number of hydrogen-bond acceptors (Lipinski definition) is 3. The van der Waals surface area contributed by atoms with Gasteiger partial charge >= 0.3 is 0 Å². The van der Waals surface area contributed by atoms with Crippen LogP contribution in [-0.4, -0.2) is 25.4 Å². The lowest BCUT2D eigenvalue weighted by molar-refractivity contribution is 0.272. The van der Waals surface area contributed by atoms with E-state index in [4.69, 9.17) is 9.84 Å². The highest BCUT2D eigenvalue weighted by molar-refractivity contribution is 5.38. The molecule has 0 radical (unpaired) electrons. The molecule has 1 aromatic carbocycles. The average molecular weight is 265 g/mol. The second kappa shape index (κ2) is 8.94. The zero-order chi connectivity index (χ0) is 14.1. The summed E-state index contributed by atoms with van der Waals surface area (Å²) < 4.78 is 5.89. The SMILES string of the molecule is CNC(C)c1cc(C)ccc1OCCCCCCO. The van der Waals surface area contributed by atoms with Crippen LogP contribution in [0.4, 0.5) is 0 Å². The van der Waals surface area contributed by atoms with Crippen molar-refractivity contribution in [2.24, 2.45) is 0 Å². The van der Waals surface area contributed by atoms with Crippen LogP contribution >= 0.6 is 0 Å². The van der Waals surface area contributed by atoms with Crippen LogP contribution in [0.25, 0.3) is 0 Å². The van der Waals surface area contributed by atoms with Crippen molar-refractivity contribution in [2.75, 3.05) is 20.3 Å². The topological polar surface area (TPSA) is 41.5 Å². The normalized spacial score (nSPS) is 12.4. The Labute approximate surface area is 117 Å². The summed E-state index contributed by atoms with van der Waals surface area (Å²) in [5.41, 5.74) is 2.48. The third kappa shape index (κ3) is 5.62. The van der Waals surface area contributed by atoms with Crippen LogP contribution in [0.5, 0.6) is 5.75 Å². The van der Waals surface area contributed by atoms with Gasteiger partial charge in [0.05, 0.1) is 6.61 Å². The summed E-state index contributed by atoms with van der Waals surface area (Å²) in [7, 11) is 1.96. The number of nitrogens with one attached hydrogen (secondary N) is 1. The Morgan fingerprint density at radius 3 is 2.63 bits per heavy atom. The van der Waals surface area contributed by atoms with E-state index in [1.807, 2.05) is 7.05 Å². The van der Waals surface area contributed by atoms with Crippen LogP contribution in [0.1, 0.15) is 49.8 Å². The number of hydrogen-bond donors (Lipinski definition) is 2. The van der Waals surface area contributed by atoms with Gasteiger partial charge in [0.2, 0.25) is 0 Å². The largest absolute Gasteiger partial charge is 0.493 e. The molecular formula is C16H27NO2. The van der Waals surface area contributed by atoms with Gasteiger partial charge in [-0.25, -0.2) is 0 Å². The van der Waals surface area contributed by atoms with Crippen LogP contribution in [0.3, 0.4) is 0 Å². The predicted octanol–water partition coefficient (Wildman–Crippen LogP) is 3.21. The van der Waals surface area contributed by atoms with E-state index in [9.17, 15) is 0 Å². The number of aliphatic hydroxyl groups excluding tert-OH is 1. The monoisotopic (exact) mass is 265 g/mol. The summed E-state index contributed by atoms with van der Waals surface area (Å²) in [4.78, 5) is 0. The molecule has 1 unspecified atom stereocenters. The van der Waals surface area contributed by atoms with Gasteiger partial charge in [0, 0.05) is 18.2 Å². The van der Waals surface area contributed by atoms with Crippen LogP contribution in [-0.2, 0) is 0 Å². The van der Waals surface area contributed by atoms with E-state index in [1.54, 1.807) is 0 Å². The fourth-order valence-corrected chi connectivity index (χ4v) is 2.04. The molecule has 0 aromatic heterocycles. The van der Waals surface area contributed by atoms with Crippen molar-refractivity contribution in [1.82, 2.24) is 5.32 Å². The minimum Gasteiger partial charge on any atom is -0.493 e. The lowest BCUT2D eigenvalue weighted by Crippen LogP contribution is -2.14. The quantitative estimate of drug-likeness (QED) is 0.674. The highest BCUT2D eigenvalue weighted by atomic mass is 16.5. The molecule has 19 heavy (non-hydrogen) atoms. The second-order valence-electron chi connectivity index (χ2n) is 5.04. The summed E-state index contributed by atoms with van der Waals surface area (Å²) in [6.07, 6.45) is 4.13. The first-order chi connectivity index (χ1) is 9.19. The molecule has 0 bridgehead atoms. The lowest BCUT2D eigenvalue weighted by Gasteiger charge is -2.17. The van der Waals surface area contributed by atoms with Gasteiger partial charge in [-0.1, -0.05) is 24.1 Å². The average Bonchev–Trinajstić information content (AvgIpc) is 2.43. The Kier molecular flexibility index (Phi) is 7.53. The maximum Gasteiger partial charge on any atom is 0.124 e. The van der Waals surface area contributed by atoms with Crippen molar-refractivity contribution in [1.29, 1.82) is 0 Å². The van der Waals surface area contributed by atoms with Gasteiger partial charge in [-0.15, -0.1) is 0 Å². The summed E-state index contributed by atoms with van der Waals surface area (Å²) >= 11 is 0. The van der Waals surface area contributed by atoms with Crippen molar-refractivity contribution in [2.45, 2.75) is 45.6 Å². The molecule has 0 saturated heterocycles. The molecule has 1 aromatic rings. The number of aliphatic hydroxyl groups is 1. The zero-order valence-corrected chi connectivity index (χ0v) is 12.4. The Morgan fingerprint density at radius 2 is 1.95 bits per heavy atom. The molecule has 0 heterocycles. The second-order valence-corrected chi connectivity index (χ2v) is 5.04. The third-order valence-electron chi connectivity index (χ3n) is 3.37. The molecule has 1 rings (SSSR count). The van der Waals surface area contributed by atoms with Crippen molar-refractivity contribution < 1.29 is 9.84 Å². The Hall–Kier alpha value is -1.06. The molecular weight excluding hydrogens is 238 g/mol. The molecule has 0 aliphatic heterocycles. The minimum absolute atomic E-state index is 0.294. The van der Waals surface area contributed by atoms with Gasteiger partial charge in [-0.2, -0.15) is 0 Å². The van der Waals surface area contributed by atoms with Gasteiger partial charge in [0.1, 0.15) is 5.75 Å². The molecule has 0 aliphatic rings. The van der Waals surface area contributed by atoms with Crippen molar-refractivity contribution in [3.8, 4) is 5.75 Å². The third-order valence-corrected chi connectivity index (χ3v) is 3.37. The van der Waals surface area contributed by atoms with Crippen LogP contribution < -0.4 is 10.1 Å². The fraction of sp³-hybridized carbons (Fsp3) is 0.625. The lowest BCUT2D eigenvalue weighted by atomic mass is 10.0. The maximum absolute atomic E-state index is 8.71. The smallest absolute Gasteiger partial charge is 0.124 e. The van der Waals surface area contributed by atoms with Crippen molar-refractivity contribution in [3.05, 3.63) is 29.3 Å². The molecule has 0 aliphatic carbocycles. The van der Waals surface area contributed by atoms with Crippen molar-refractivity contribution in [3.63, 3.8) is 0 Å². The molecule has 1 atom stereocenters. The van der Waals surface area contributed by atoms with E-state index >= 15 is 0 Å². The van der Waals surface area contributed by atoms with Crippen LogP contribution in [0.2, 0.25) is 0 Å². The van der Waals surface area contributed by atoms with E-state index in [1.165, 1.54) is 11.1 Å². The molecule has 2 N–H and O–H groups in total. The Balaban J connectivity index is 2.48. The van der Waals surface area contributed by atoms with E-state index < -0.39 is 0 Å². The number of rotatable bonds is 9. The molecule has 0 saturated carbocycles. The summed E-state index contributed by atoms with van der Waals surface area (Å²) in [5.74, 6) is 0.981. The highest BCUT2D eigenvalue weighted by Gasteiger charge is 2.10. The summed E-state index contributed by atoms with van der Waals surface area (Å²) in [6, 6.07) is 6.63.